The zero-order valence-corrected chi connectivity index (χ0v) is 9.55. The average molecular weight is 242 g/mol. The van der Waals surface area contributed by atoms with Crippen LogP contribution in [0.25, 0.3) is 11.3 Å². The molecule has 1 aromatic carbocycles. The molecule has 0 unspecified atom stereocenters. The molecule has 0 bridgehead atoms. The molecule has 2 N–H and O–H groups in total. The third kappa shape index (κ3) is 1.80. The lowest BCUT2D eigenvalue weighted by atomic mass is 10.1. The first kappa shape index (κ1) is 10.3. The van der Waals surface area contributed by atoms with E-state index in [1.165, 1.54) is 0 Å². The summed E-state index contributed by atoms with van der Waals surface area (Å²) in [5.74, 6) is 0. The third-order valence-corrected chi connectivity index (χ3v) is 2.90. The largest absolute Gasteiger partial charge is 0.396 e. The molecule has 0 aliphatic carbocycles. The standard InChI is InChI=1S/C10H9Cl2N3/c1-15-10(9(13)5-14-15)6-2-3-7(11)8(12)4-6/h2-5H,13H2,1H3. The molecular weight excluding hydrogens is 233 g/mol. The van der Waals surface area contributed by atoms with Crippen molar-refractivity contribution >= 4 is 28.9 Å². The first-order chi connectivity index (χ1) is 7.09. The fraction of sp³-hybridized carbons (Fsp3) is 0.100. The Morgan fingerprint density at radius 1 is 1.27 bits per heavy atom. The van der Waals surface area contributed by atoms with E-state index in [-0.39, 0.29) is 0 Å². The number of aromatic nitrogens is 2. The van der Waals surface area contributed by atoms with E-state index in [1.807, 2.05) is 13.1 Å². The van der Waals surface area contributed by atoms with Gasteiger partial charge < -0.3 is 5.73 Å². The van der Waals surface area contributed by atoms with Crippen molar-refractivity contribution in [1.82, 2.24) is 9.78 Å². The van der Waals surface area contributed by atoms with Crippen LogP contribution < -0.4 is 5.73 Å². The van der Waals surface area contributed by atoms with Crippen molar-refractivity contribution in [2.75, 3.05) is 5.73 Å². The van der Waals surface area contributed by atoms with Crippen LogP contribution in [0, 0.1) is 0 Å². The van der Waals surface area contributed by atoms with Gasteiger partial charge in [0, 0.05) is 12.6 Å². The Bertz CT molecular complexity index is 486. The van der Waals surface area contributed by atoms with E-state index in [0.29, 0.717) is 15.7 Å². The van der Waals surface area contributed by atoms with Gasteiger partial charge in [-0.25, -0.2) is 0 Å². The molecule has 78 valence electrons. The average Bonchev–Trinajstić information content (AvgIpc) is 2.52. The highest BCUT2D eigenvalue weighted by atomic mass is 35.5. The van der Waals surface area contributed by atoms with Crippen molar-refractivity contribution in [1.29, 1.82) is 0 Å². The Kier molecular flexibility index (Phi) is 2.59. The number of halogens is 2. The number of rotatable bonds is 1. The summed E-state index contributed by atoms with van der Waals surface area (Å²) < 4.78 is 1.70. The number of nitrogens with two attached hydrogens (primary N) is 1. The monoisotopic (exact) mass is 241 g/mol. The zero-order valence-electron chi connectivity index (χ0n) is 8.04. The van der Waals surface area contributed by atoms with Gasteiger partial charge in [0.2, 0.25) is 0 Å². The molecule has 0 radical (unpaired) electrons. The summed E-state index contributed by atoms with van der Waals surface area (Å²) in [4.78, 5) is 0. The van der Waals surface area contributed by atoms with Gasteiger partial charge in [0.1, 0.15) is 0 Å². The maximum Gasteiger partial charge on any atom is 0.0909 e. The summed E-state index contributed by atoms with van der Waals surface area (Å²) in [5.41, 5.74) is 8.17. The SMILES string of the molecule is Cn1ncc(N)c1-c1ccc(Cl)c(Cl)c1. The first-order valence-corrected chi connectivity index (χ1v) is 5.08. The predicted octanol–water partition coefficient (Wildman–Crippen LogP) is 2.98. The number of nitrogen functional groups attached to an aromatic ring is 1. The number of nitrogens with zero attached hydrogens (tertiary/aromatic N) is 2. The van der Waals surface area contributed by atoms with E-state index < -0.39 is 0 Å². The summed E-state index contributed by atoms with van der Waals surface area (Å²) in [7, 11) is 1.83. The van der Waals surface area contributed by atoms with Gasteiger partial charge in [-0.3, -0.25) is 4.68 Å². The topological polar surface area (TPSA) is 43.8 Å². The fourth-order valence-corrected chi connectivity index (χ4v) is 1.75. The van der Waals surface area contributed by atoms with Crippen LogP contribution in [-0.2, 0) is 7.05 Å². The fourth-order valence-electron chi connectivity index (χ4n) is 1.45. The Labute approximate surface area is 97.4 Å². The van der Waals surface area contributed by atoms with Gasteiger partial charge in [-0.2, -0.15) is 5.10 Å². The molecule has 0 aliphatic rings. The third-order valence-electron chi connectivity index (χ3n) is 2.16. The van der Waals surface area contributed by atoms with Gasteiger partial charge in [-0.15, -0.1) is 0 Å². The van der Waals surface area contributed by atoms with E-state index in [9.17, 15) is 0 Å². The zero-order chi connectivity index (χ0) is 11.0. The summed E-state index contributed by atoms with van der Waals surface area (Å²) in [6, 6.07) is 5.38. The molecule has 0 spiro atoms. The number of hydrogen-bond donors (Lipinski definition) is 1. The Morgan fingerprint density at radius 2 is 2.00 bits per heavy atom. The minimum Gasteiger partial charge on any atom is -0.396 e. The predicted molar refractivity (Wildman–Crippen MR) is 63.1 cm³/mol. The number of hydrogen-bond acceptors (Lipinski definition) is 2. The maximum absolute atomic E-state index is 5.93. The van der Waals surface area contributed by atoms with Gasteiger partial charge in [-0.1, -0.05) is 29.3 Å². The minimum absolute atomic E-state index is 0.509. The lowest BCUT2D eigenvalue weighted by Crippen LogP contribution is -1.95. The van der Waals surface area contributed by atoms with E-state index in [0.717, 1.165) is 11.3 Å². The molecule has 0 saturated carbocycles. The summed E-state index contributed by atoms with van der Waals surface area (Å²) >= 11 is 11.8. The van der Waals surface area contributed by atoms with Crippen molar-refractivity contribution in [2.24, 2.45) is 7.05 Å². The molecule has 2 rings (SSSR count). The molecular formula is C10H9Cl2N3. The van der Waals surface area contributed by atoms with Crippen LogP contribution in [0.2, 0.25) is 10.0 Å². The molecule has 0 saturated heterocycles. The van der Waals surface area contributed by atoms with Gasteiger partial charge >= 0.3 is 0 Å². The molecule has 1 aromatic heterocycles. The summed E-state index contributed by atoms with van der Waals surface area (Å²) in [6.07, 6.45) is 1.61. The van der Waals surface area contributed by atoms with Gasteiger partial charge in [0.25, 0.3) is 0 Å². The van der Waals surface area contributed by atoms with Crippen LogP contribution in [0.3, 0.4) is 0 Å². The van der Waals surface area contributed by atoms with Gasteiger partial charge in [0.15, 0.2) is 0 Å². The normalized spacial score (nSPS) is 10.6. The molecule has 3 nitrogen and oxygen atoms in total. The van der Waals surface area contributed by atoms with Gasteiger partial charge in [-0.05, 0) is 12.1 Å². The molecule has 1 heterocycles. The first-order valence-electron chi connectivity index (χ1n) is 4.32. The second-order valence-corrected chi connectivity index (χ2v) is 4.02. The second-order valence-electron chi connectivity index (χ2n) is 3.20. The van der Waals surface area contributed by atoms with E-state index in [2.05, 4.69) is 5.10 Å². The highest BCUT2D eigenvalue weighted by Gasteiger charge is 2.09. The maximum atomic E-state index is 5.93. The lowest BCUT2D eigenvalue weighted by Gasteiger charge is -2.05. The Balaban J connectivity index is 2.59. The molecule has 0 fully saturated rings. The number of anilines is 1. The van der Waals surface area contributed by atoms with Crippen LogP contribution in [0.15, 0.2) is 24.4 Å². The van der Waals surface area contributed by atoms with Crippen molar-refractivity contribution in [3.05, 3.63) is 34.4 Å². The van der Waals surface area contributed by atoms with E-state index in [1.54, 1.807) is 23.0 Å². The molecule has 0 aliphatic heterocycles. The van der Waals surface area contributed by atoms with Crippen molar-refractivity contribution in [3.63, 3.8) is 0 Å². The molecule has 0 atom stereocenters. The van der Waals surface area contributed by atoms with E-state index in [4.69, 9.17) is 28.9 Å². The van der Waals surface area contributed by atoms with Crippen molar-refractivity contribution in [3.8, 4) is 11.3 Å². The van der Waals surface area contributed by atoms with E-state index >= 15 is 0 Å². The second kappa shape index (κ2) is 3.76. The highest BCUT2D eigenvalue weighted by Crippen LogP contribution is 2.30. The number of aryl methyl sites for hydroxylation is 1. The van der Waals surface area contributed by atoms with Crippen LogP contribution in [-0.4, -0.2) is 9.78 Å². The Hall–Kier alpha value is -1.19. The molecule has 5 heteroatoms. The molecule has 0 amide bonds. The number of benzene rings is 1. The summed E-state index contributed by atoms with van der Waals surface area (Å²) in [6.45, 7) is 0. The minimum atomic E-state index is 0.509. The molecule has 2 aromatic rings. The Morgan fingerprint density at radius 3 is 2.53 bits per heavy atom. The quantitative estimate of drug-likeness (QED) is 0.835. The van der Waals surface area contributed by atoms with Crippen molar-refractivity contribution < 1.29 is 0 Å². The van der Waals surface area contributed by atoms with Crippen LogP contribution in [0.5, 0.6) is 0 Å². The smallest absolute Gasteiger partial charge is 0.0909 e. The van der Waals surface area contributed by atoms with Crippen molar-refractivity contribution in [2.45, 2.75) is 0 Å². The van der Waals surface area contributed by atoms with Crippen LogP contribution in [0.4, 0.5) is 5.69 Å². The van der Waals surface area contributed by atoms with Gasteiger partial charge in [0.05, 0.1) is 27.6 Å². The molecule has 15 heavy (non-hydrogen) atoms. The summed E-state index contributed by atoms with van der Waals surface area (Å²) in [5, 5.41) is 5.10. The van der Waals surface area contributed by atoms with Crippen LogP contribution in [0.1, 0.15) is 0 Å². The lowest BCUT2D eigenvalue weighted by molar-refractivity contribution is 0.776. The highest BCUT2D eigenvalue weighted by molar-refractivity contribution is 6.42. The van der Waals surface area contributed by atoms with Crippen LogP contribution >= 0.6 is 23.2 Å².